The summed E-state index contributed by atoms with van der Waals surface area (Å²) in [6.07, 6.45) is 13.4. The molecule has 0 heterocycles. The highest BCUT2D eigenvalue weighted by Crippen LogP contribution is 2.86. The van der Waals surface area contributed by atoms with Crippen molar-refractivity contribution < 1.29 is 9.90 Å². The van der Waals surface area contributed by atoms with Crippen LogP contribution >= 0.6 is 0 Å². The van der Waals surface area contributed by atoms with Gasteiger partial charge in [0.15, 0.2) is 5.78 Å². The van der Waals surface area contributed by atoms with E-state index in [1.807, 2.05) is 6.08 Å². The van der Waals surface area contributed by atoms with E-state index in [9.17, 15) is 9.90 Å². The number of hydrogen-bond acceptors (Lipinski definition) is 3. The molecule has 0 aromatic heterocycles. The molecule has 0 saturated heterocycles. The number of nitrogens with zero attached hydrogens (tertiary/aromatic N) is 1. The fraction of sp³-hybridized carbons (Fsp3) is 0.808. The van der Waals surface area contributed by atoms with Crippen molar-refractivity contribution in [2.24, 2.45) is 44.8 Å². The monoisotopic (exact) mass is 397 g/mol. The van der Waals surface area contributed by atoms with Gasteiger partial charge in [-0.05, 0) is 80.9 Å². The van der Waals surface area contributed by atoms with Gasteiger partial charge in [-0.25, -0.2) is 0 Å². The molecule has 0 aromatic rings. The molecule has 160 valence electrons. The van der Waals surface area contributed by atoms with Crippen LogP contribution in [0.2, 0.25) is 0 Å². The molecule has 0 radical (unpaired) electrons. The molecule has 1 N–H and O–H groups in total. The largest absolute Gasteiger partial charge is 0.393 e. The third kappa shape index (κ3) is 2.01. The standard InChI is InChI=1S/C26H39NO2/c1-16(27(6)7)21-17(28)14-24(5)19-9-8-18-22(2,3)20(29)10-11-25(18)15-26(19,25)13-12-23(21,24)4/h8-11,16-19,21,28H,12-15H2,1-7H3/t16-,17+,18-,19+,21+,23-,24+,25+,26-/m1/s1. The molecule has 0 amide bonds. The van der Waals surface area contributed by atoms with E-state index < -0.39 is 0 Å². The molecule has 0 aromatic carbocycles. The van der Waals surface area contributed by atoms with Crippen molar-refractivity contribution in [2.45, 2.75) is 72.4 Å². The van der Waals surface area contributed by atoms with Crippen LogP contribution in [0.3, 0.4) is 0 Å². The molecule has 3 heteroatoms. The molecule has 5 aliphatic rings. The highest BCUT2D eigenvalue weighted by Gasteiger charge is 2.81. The molecule has 5 aliphatic carbocycles. The maximum Gasteiger partial charge on any atom is 0.161 e. The Labute approximate surface area is 176 Å². The van der Waals surface area contributed by atoms with Crippen LogP contribution in [-0.2, 0) is 4.79 Å². The van der Waals surface area contributed by atoms with Gasteiger partial charge in [-0.2, -0.15) is 0 Å². The number of rotatable bonds is 2. The normalized spacial score (nSPS) is 55.1. The van der Waals surface area contributed by atoms with E-state index in [4.69, 9.17) is 0 Å². The SMILES string of the molecule is C[C@H]([C@H]1[C@@H](O)C[C@@]2(C)[C@@H]3C=C[C@@H]4C(C)(C)C(=O)C=C[C@]45C[C@]35CC[C@]12C)N(C)C. The molecule has 5 rings (SSSR count). The minimum atomic E-state index is -0.307. The summed E-state index contributed by atoms with van der Waals surface area (Å²) in [7, 11) is 4.29. The summed E-state index contributed by atoms with van der Waals surface area (Å²) < 4.78 is 0. The quantitative estimate of drug-likeness (QED) is 0.699. The predicted molar refractivity (Wildman–Crippen MR) is 116 cm³/mol. The molecule has 0 aliphatic heterocycles. The third-order valence-corrected chi connectivity index (χ3v) is 11.2. The maximum absolute atomic E-state index is 12.7. The first-order chi connectivity index (χ1) is 13.4. The summed E-state index contributed by atoms with van der Waals surface area (Å²) in [6.45, 7) is 11.5. The van der Waals surface area contributed by atoms with E-state index in [0.717, 1.165) is 6.42 Å². The van der Waals surface area contributed by atoms with Gasteiger partial charge < -0.3 is 10.0 Å². The van der Waals surface area contributed by atoms with E-state index in [2.05, 4.69) is 71.8 Å². The number of carbonyl (C=O) groups is 1. The van der Waals surface area contributed by atoms with E-state index in [-0.39, 0.29) is 39.0 Å². The number of hydrogen-bond donors (Lipinski definition) is 1. The van der Waals surface area contributed by atoms with Gasteiger partial charge in [-0.1, -0.05) is 45.9 Å². The first-order valence-corrected chi connectivity index (χ1v) is 11.6. The van der Waals surface area contributed by atoms with Crippen LogP contribution in [0.5, 0.6) is 0 Å². The number of ketones is 1. The Morgan fingerprint density at radius 1 is 1.07 bits per heavy atom. The van der Waals surface area contributed by atoms with Crippen molar-refractivity contribution in [2.75, 3.05) is 14.1 Å². The van der Waals surface area contributed by atoms with Gasteiger partial charge in [0.1, 0.15) is 0 Å². The topological polar surface area (TPSA) is 40.5 Å². The summed E-state index contributed by atoms with van der Waals surface area (Å²) in [5.41, 5.74) is 0.370. The molecule has 9 atom stereocenters. The van der Waals surface area contributed by atoms with Crippen LogP contribution in [0, 0.1) is 44.8 Å². The molecular formula is C26H39NO2. The third-order valence-electron chi connectivity index (χ3n) is 11.2. The van der Waals surface area contributed by atoms with Crippen LogP contribution in [0.1, 0.15) is 60.3 Å². The Hall–Kier alpha value is -0.930. The molecule has 29 heavy (non-hydrogen) atoms. The fourth-order valence-corrected chi connectivity index (χ4v) is 9.17. The van der Waals surface area contributed by atoms with Crippen LogP contribution in [0.25, 0.3) is 0 Å². The van der Waals surface area contributed by atoms with Crippen LogP contribution in [0.15, 0.2) is 24.3 Å². The molecule has 3 nitrogen and oxygen atoms in total. The van der Waals surface area contributed by atoms with E-state index >= 15 is 0 Å². The zero-order valence-electron chi connectivity index (χ0n) is 19.3. The Kier molecular flexibility index (Phi) is 3.76. The van der Waals surface area contributed by atoms with Crippen molar-refractivity contribution >= 4 is 5.78 Å². The number of carbonyl (C=O) groups excluding carboxylic acids is 1. The zero-order valence-corrected chi connectivity index (χ0v) is 19.3. The van der Waals surface area contributed by atoms with Crippen molar-refractivity contribution in [1.82, 2.24) is 4.90 Å². The lowest BCUT2D eigenvalue weighted by Gasteiger charge is -2.60. The predicted octanol–water partition coefficient (Wildman–Crippen LogP) is 4.47. The second-order valence-corrected chi connectivity index (χ2v) is 12.5. The first-order valence-electron chi connectivity index (χ1n) is 11.6. The van der Waals surface area contributed by atoms with Gasteiger partial charge in [0.05, 0.1) is 6.10 Å². The van der Waals surface area contributed by atoms with Crippen LogP contribution in [0.4, 0.5) is 0 Å². The lowest BCUT2D eigenvalue weighted by atomic mass is 9.44. The van der Waals surface area contributed by atoms with Crippen molar-refractivity contribution in [3.8, 4) is 0 Å². The highest BCUT2D eigenvalue weighted by molar-refractivity contribution is 5.96. The number of aliphatic hydroxyl groups is 1. The second kappa shape index (κ2) is 5.46. The highest BCUT2D eigenvalue weighted by atomic mass is 16.3. The summed E-state index contributed by atoms with van der Waals surface area (Å²) in [6, 6.07) is 0.366. The molecule has 0 unspecified atom stereocenters. The zero-order chi connectivity index (χ0) is 21.2. The average Bonchev–Trinajstić information content (AvgIpc) is 3.24. The van der Waals surface area contributed by atoms with Crippen molar-refractivity contribution in [1.29, 1.82) is 0 Å². The summed E-state index contributed by atoms with van der Waals surface area (Å²) >= 11 is 0. The summed E-state index contributed by atoms with van der Waals surface area (Å²) in [5.74, 6) is 1.40. The lowest BCUT2D eigenvalue weighted by Crippen LogP contribution is -2.56. The van der Waals surface area contributed by atoms with E-state index in [1.54, 1.807) is 0 Å². The van der Waals surface area contributed by atoms with Gasteiger partial charge in [0, 0.05) is 22.8 Å². The molecule has 3 fully saturated rings. The number of aliphatic hydroxyl groups excluding tert-OH is 1. The smallest absolute Gasteiger partial charge is 0.161 e. The Bertz CT molecular complexity index is 827. The Balaban J connectivity index is 1.60. The number of allylic oxidation sites excluding steroid dienone is 4. The molecule has 3 saturated carbocycles. The number of fused-ring (bicyclic) bond motifs is 2. The van der Waals surface area contributed by atoms with Crippen molar-refractivity contribution in [3.63, 3.8) is 0 Å². The average molecular weight is 398 g/mol. The van der Waals surface area contributed by atoms with Crippen LogP contribution < -0.4 is 0 Å². The van der Waals surface area contributed by atoms with Gasteiger partial charge in [-0.15, -0.1) is 0 Å². The van der Waals surface area contributed by atoms with Gasteiger partial charge in [0.2, 0.25) is 0 Å². The van der Waals surface area contributed by atoms with Crippen molar-refractivity contribution in [3.05, 3.63) is 24.3 Å². The summed E-state index contributed by atoms with van der Waals surface area (Å²) in [5, 5.41) is 11.3. The Morgan fingerprint density at radius 2 is 1.72 bits per heavy atom. The van der Waals surface area contributed by atoms with E-state index in [1.165, 1.54) is 19.3 Å². The van der Waals surface area contributed by atoms with Crippen LogP contribution in [-0.4, -0.2) is 42.0 Å². The minimum absolute atomic E-state index is 0.101. The maximum atomic E-state index is 12.7. The summed E-state index contributed by atoms with van der Waals surface area (Å²) in [4.78, 5) is 14.9. The Morgan fingerprint density at radius 3 is 2.38 bits per heavy atom. The van der Waals surface area contributed by atoms with Gasteiger partial charge >= 0.3 is 0 Å². The second-order valence-electron chi connectivity index (χ2n) is 12.5. The molecular weight excluding hydrogens is 358 g/mol. The van der Waals surface area contributed by atoms with Gasteiger partial charge in [-0.3, -0.25) is 4.79 Å². The first kappa shape index (κ1) is 20.0. The lowest BCUT2D eigenvalue weighted by molar-refractivity contribution is -0.128. The fourth-order valence-electron chi connectivity index (χ4n) is 9.17. The molecule has 2 spiro atoms. The molecule has 0 bridgehead atoms. The van der Waals surface area contributed by atoms with Gasteiger partial charge in [0.25, 0.3) is 0 Å². The van der Waals surface area contributed by atoms with E-state index in [0.29, 0.717) is 23.8 Å². The minimum Gasteiger partial charge on any atom is -0.393 e.